The van der Waals surface area contributed by atoms with Crippen molar-refractivity contribution in [3.8, 4) is 39.7 Å². The maximum atomic E-state index is 13.0. The van der Waals surface area contributed by atoms with Crippen molar-refractivity contribution in [3.05, 3.63) is 84.4 Å². The zero-order chi connectivity index (χ0) is 21.3. The summed E-state index contributed by atoms with van der Waals surface area (Å²) in [6.07, 6.45) is -4.38. The van der Waals surface area contributed by atoms with Crippen molar-refractivity contribution in [3.63, 3.8) is 0 Å². The van der Waals surface area contributed by atoms with Gasteiger partial charge >= 0.3 is 6.18 Å². The molecule has 0 aliphatic carbocycles. The lowest BCUT2D eigenvalue weighted by atomic mass is 10.0. The molecule has 0 unspecified atom stereocenters. The Morgan fingerprint density at radius 2 is 1.37 bits per heavy atom. The molecule has 0 aliphatic rings. The van der Waals surface area contributed by atoms with Gasteiger partial charge in [-0.3, -0.25) is 0 Å². The maximum absolute atomic E-state index is 13.0. The number of rotatable bonds is 4. The molecule has 1 aromatic heterocycles. The average molecular weight is 408 g/mol. The minimum atomic E-state index is -4.38. The number of alkyl halides is 3. The molecule has 0 fully saturated rings. The van der Waals surface area contributed by atoms with Crippen LogP contribution >= 0.6 is 0 Å². The summed E-state index contributed by atoms with van der Waals surface area (Å²) in [4.78, 5) is 4.85. The molecule has 30 heavy (non-hydrogen) atoms. The second-order valence-electron chi connectivity index (χ2n) is 6.86. The standard InChI is InChI=1S/C24H19F3N2O/c1-29-22(17-8-12-19(13-9-17)24(25,26)27)21(16-10-14-20(30-2)15-11-16)28-23(29)18-6-4-3-5-7-18/h3-15H,1-2H3. The highest BCUT2D eigenvalue weighted by atomic mass is 19.4. The normalized spacial score (nSPS) is 11.5. The van der Waals surface area contributed by atoms with Crippen molar-refractivity contribution in [2.24, 2.45) is 7.05 Å². The molecule has 0 saturated heterocycles. The predicted molar refractivity (Wildman–Crippen MR) is 111 cm³/mol. The molecule has 3 nitrogen and oxygen atoms in total. The van der Waals surface area contributed by atoms with Gasteiger partial charge in [-0.25, -0.2) is 4.98 Å². The van der Waals surface area contributed by atoms with Crippen molar-refractivity contribution < 1.29 is 17.9 Å². The number of imidazole rings is 1. The fourth-order valence-electron chi connectivity index (χ4n) is 3.44. The molecule has 1 heterocycles. The van der Waals surface area contributed by atoms with E-state index in [0.29, 0.717) is 17.0 Å². The van der Waals surface area contributed by atoms with Gasteiger partial charge in [0.05, 0.1) is 24.1 Å². The first-order valence-electron chi connectivity index (χ1n) is 9.32. The number of halogens is 3. The fraction of sp³-hybridized carbons (Fsp3) is 0.125. The largest absolute Gasteiger partial charge is 0.497 e. The molecule has 0 spiro atoms. The molecule has 0 amide bonds. The molecule has 152 valence electrons. The minimum absolute atomic E-state index is 0.658. The second-order valence-corrected chi connectivity index (χ2v) is 6.86. The topological polar surface area (TPSA) is 27.1 Å². The van der Waals surface area contributed by atoms with Crippen LogP contribution in [-0.2, 0) is 13.2 Å². The van der Waals surface area contributed by atoms with Crippen molar-refractivity contribution in [2.45, 2.75) is 6.18 Å². The van der Waals surface area contributed by atoms with E-state index in [4.69, 9.17) is 9.72 Å². The van der Waals surface area contributed by atoms with Crippen LogP contribution in [0.25, 0.3) is 33.9 Å². The van der Waals surface area contributed by atoms with Crippen LogP contribution in [0.3, 0.4) is 0 Å². The van der Waals surface area contributed by atoms with Gasteiger partial charge in [-0.2, -0.15) is 13.2 Å². The summed E-state index contributed by atoms with van der Waals surface area (Å²) in [5.41, 5.74) is 3.19. The van der Waals surface area contributed by atoms with Gasteiger partial charge < -0.3 is 9.30 Å². The lowest BCUT2D eigenvalue weighted by Gasteiger charge is -2.11. The summed E-state index contributed by atoms with van der Waals surface area (Å²) in [6, 6.07) is 22.3. The summed E-state index contributed by atoms with van der Waals surface area (Å²) in [5, 5.41) is 0. The molecule has 4 rings (SSSR count). The van der Waals surface area contributed by atoms with E-state index in [2.05, 4.69) is 0 Å². The van der Waals surface area contributed by atoms with Crippen LogP contribution < -0.4 is 4.74 Å². The van der Waals surface area contributed by atoms with E-state index in [1.807, 2.05) is 66.2 Å². The van der Waals surface area contributed by atoms with Gasteiger partial charge in [0.15, 0.2) is 0 Å². The minimum Gasteiger partial charge on any atom is -0.497 e. The molecule has 0 bridgehead atoms. The van der Waals surface area contributed by atoms with Crippen LogP contribution in [0.5, 0.6) is 5.75 Å². The molecular formula is C24H19F3N2O. The molecule has 0 N–H and O–H groups in total. The number of methoxy groups -OCH3 is 1. The van der Waals surface area contributed by atoms with E-state index in [0.717, 1.165) is 34.8 Å². The van der Waals surface area contributed by atoms with Crippen LogP contribution in [0.4, 0.5) is 13.2 Å². The van der Waals surface area contributed by atoms with Crippen molar-refractivity contribution in [2.75, 3.05) is 7.11 Å². The van der Waals surface area contributed by atoms with Crippen LogP contribution in [-0.4, -0.2) is 16.7 Å². The summed E-state index contributed by atoms with van der Waals surface area (Å²) < 4.78 is 46.2. The number of hydrogen-bond acceptors (Lipinski definition) is 2. The van der Waals surface area contributed by atoms with Gasteiger partial charge in [0.1, 0.15) is 11.6 Å². The predicted octanol–water partition coefficient (Wildman–Crippen LogP) is 6.45. The molecule has 4 aromatic rings. The Morgan fingerprint density at radius 3 is 1.93 bits per heavy atom. The van der Waals surface area contributed by atoms with Crippen LogP contribution in [0, 0.1) is 0 Å². The summed E-state index contributed by atoms with van der Waals surface area (Å²) in [6.45, 7) is 0. The highest BCUT2D eigenvalue weighted by Gasteiger charge is 2.30. The van der Waals surface area contributed by atoms with Crippen LogP contribution in [0.2, 0.25) is 0 Å². The Kier molecular flexibility index (Phi) is 5.08. The number of nitrogens with zero attached hydrogens (tertiary/aromatic N) is 2. The summed E-state index contributed by atoms with van der Waals surface area (Å²) in [5.74, 6) is 1.45. The van der Waals surface area contributed by atoms with Crippen LogP contribution in [0.1, 0.15) is 5.56 Å². The molecule has 0 radical (unpaired) electrons. The number of benzene rings is 3. The smallest absolute Gasteiger partial charge is 0.416 e. The van der Waals surface area contributed by atoms with Gasteiger partial charge in [-0.15, -0.1) is 0 Å². The SMILES string of the molecule is COc1ccc(-c2nc(-c3ccccc3)n(C)c2-c2ccc(C(F)(F)F)cc2)cc1. The monoisotopic (exact) mass is 408 g/mol. The highest BCUT2D eigenvalue weighted by Crippen LogP contribution is 2.37. The lowest BCUT2D eigenvalue weighted by molar-refractivity contribution is -0.137. The van der Waals surface area contributed by atoms with Gasteiger partial charge in [0.2, 0.25) is 0 Å². The van der Waals surface area contributed by atoms with Crippen molar-refractivity contribution >= 4 is 0 Å². The number of hydrogen-bond donors (Lipinski definition) is 0. The van der Waals surface area contributed by atoms with E-state index in [-0.39, 0.29) is 0 Å². The summed E-state index contributed by atoms with van der Waals surface area (Å²) >= 11 is 0. The summed E-state index contributed by atoms with van der Waals surface area (Å²) in [7, 11) is 3.46. The van der Waals surface area contributed by atoms with E-state index in [1.165, 1.54) is 12.1 Å². The highest BCUT2D eigenvalue weighted by molar-refractivity contribution is 5.82. The Hall–Kier alpha value is -3.54. The first kappa shape index (κ1) is 19.8. The van der Waals surface area contributed by atoms with Gasteiger partial charge in [-0.1, -0.05) is 42.5 Å². The Morgan fingerprint density at radius 1 is 0.767 bits per heavy atom. The first-order valence-corrected chi connectivity index (χ1v) is 9.32. The Balaban J connectivity index is 1.90. The first-order chi connectivity index (χ1) is 14.4. The average Bonchev–Trinajstić information content (AvgIpc) is 3.11. The maximum Gasteiger partial charge on any atom is 0.416 e. The van der Waals surface area contributed by atoms with E-state index >= 15 is 0 Å². The molecule has 3 aromatic carbocycles. The van der Waals surface area contributed by atoms with Gasteiger partial charge in [0.25, 0.3) is 0 Å². The zero-order valence-electron chi connectivity index (χ0n) is 16.4. The number of ether oxygens (including phenoxy) is 1. The van der Waals surface area contributed by atoms with Crippen LogP contribution in [0.15, 0.2) is 78.9 Å². The van der Waals surface area contributed by atoms with Crippen molar-refractivity contribution in [1.82, 2.24) is 9.55 Å². The zero-order valence-corrected chi connectivity index (χ0v) is 16.4. The molecule has 0 saturated carbocycles. The van der Waals surface area contributed by atoms with E-state index in [1.54, 1.807) is 7.11 Å². The number of aromatic nitrogens is 2. The van der Waals surface area contributed by atoms with E-state index < -0.39 is 11.7 Å². The molecule has 0 atom stereocenters. The third-order valence-electron chi connectivity index (χ3n) is 4.98. The Bertz CT molecular complexity index is 1150. The quantitative estimate of drug-likeness (QED) is 0.388. The fourth-order valence-corrected chi connectivity index (χ4v) is 3.44. The second kappa shape index (κ2) is 7.71. The molecular weight excluding hydrogens is 389 g/mol. The van der Waals surface area contributed by atoms with Crippen molar-refractivity contribution in [1.29, 1.82) is 0 Å². The van der Waals surface area contributed by atoms with Gasteiger partial charge in [-0.05, 0) is 36.4 Å². The van der Waals surface area contributed by atoms with Gasteiger partial charge in [0, 0.05) is 23.7 Å². The third kappa shape index (κ3) is 3.68. The Labute approximate surface area is 172 Å². The molecule has 6 heteroatoms. The lowest BCUT2D eigenvalue weighted by Crippen LogP contribution is -2.04. The molecule has 0 aliphatic heterocycles. The third-order valence-corrected chi connectivity index (χ3v) is 4.98. The van der Waals surface area contributed by atoms with E-state index in [9.17, 15) is 13.2 Å².